The molecule has 3 rings (SSSR count). The fraction of sp³-hybridized carbons (Fsp3) is 0.133. The lowest BCUT2D eigenvalue weighted by Gasteiger charge is -2.10. The van der Waals surface area contributed by atoms with Crippen LogP contribution in [0.25, 0.3) is 11.3 Å². The molecule has 0 amide bonds. The molecule has 7 heteroatoms. The summed E-state index contributed by atoms with van der Waals surface area (Å²) < 4.78 is 1.64. The molecule has 0 aliphatic heterocycles. The van der Waals surface area contributed by atoms with E-state index in [9.17, 15) is 15.2 Å². The van der Waals surface area contributed by atoms with Crippen LogP contribution in [-0.4, -0.2) is 19.8 Å². The SMILES string of the molecule is O=[N+]([O-])c1cccc(C(O)Cn2ccc(-c3ccsc3)n2)c1. The van der Waals surface area contributed by atoms with E-state index < -0.39 is 11.0 Å². The summed E-state index contributed by atoms with van der Waals surface area (Å²) in [6.07, 6.45) is 0.934. The summed E-state index contributed by atoms with van der Waals surface area (Å²) in [5.41, 5.74) is 2.35. The first-order valence-electron chi connectivity index (χ1n) is 6.62. The normalized spacial score (nSPS) is 12.2. The number of non-ortho nitro benzene ring substituents is 1. The van der Waals surface area contributed by atoms with Crippen LogP contribution in [0.4, 0.5) is 5.69 Å². The number of nitro groups is 1. The Morgan fingerprint density at radius 2 is 2.23 bits per heavy atom. The van der Waals surface area contributed by atoms with E-state index in [1.54, 1.807) is 34.3 Å². The smallest absolute Gasteiger partial charge is 0.269 e. The van der Waals surface area contributed by atoms with Crippen LogP contribution < -0.4 is 0 Å². The van der Waals surface area contributed by atoms with Gasteiger partial charge in [0, 0.05) is 29.3 Å². The van der Waals surface area contributed by atoms with Gasteiger partial charge in [0.25, 0.3) is 5.69 Å². The van der Waals surface area contributed by atoms with Crippen LogP contribution in [-0.2, 0) is 6.54 Å². The second-order valence-electron chi connectivity index (χ2n) is 4.80. The van der Waals surface area contributed by atoms with E-state index in [0.29, 0.717) is 5.56 Å². The Morgan fingerprint density at radius 3 is 2.95 bits per heavy atom. The number of rotatable bonds is 5. The van der Waals surface area contributed by atoms with Crippen molar-refractivity contribution in [3.63, 3.8) is 0 Å². The van der Waals surface area contributed by atoms with Crippen molar-refractivity contribution in [3.8, 4) is 11.3 Å². The topological polar surface area (TPSA) is 81.2 Å². The minimum Gasteiger partial charge on any atom is -0.386 e. The van der Waals surface area contributed by atoms with E-state index in [2.05, 4.69) is 5.10 Å². The highest BCUT2D eigenvalue weighted by Crippen LogP contribution is 2.22. The minimum atomic E-state index is -0.852. The maximum absolute atomic E-state index is 10.8. The molecule has 0 bridgehead atoms. The molecule has 2 aromatic heterocycles. The first kappa shape index (κ1) is 14.4. The van der Waals surface area contributed by atoms with Gasteiger partial charge in [-0.3, -0.25) is 14.8 Å². The molecule has 2 heterocycles. The Bertz CT molecular complexity index is 783. The Kier molecular flexibility index (Phi) is 3.99. The van der Waals surface area contributed by atoms with E-state index in [1.807, 2.05) is 22.9 Å². The zero-order valence-electron chi connectivity index (χ0n) is 11.5. The van der Waals surface area contributed by atoms with Crippen LogP contribution in [0.3, 0.4) is 0 Å². The minimum absolute atomic E-state index is 0.0315. The summed E-state index contributed by atoms with van der Waals surface area (Å²) >= 11 is 1.60. The van der Waals surface area contributed by atoms with E-state index in [-0.39, 0.29) is 12.2 Å². The summed E-state index contributed by atoms with van der Waals surface area (Å²) in [6.45, 7) is 0.241. The molecule has 1 aromatic carbocycles. The summed E-state index contributed by atoms with van der Waals surface area (Å²) in [4.78, 5) is 10.3. The van der Waals surface area contributed by atoms with Crippen LogP contribution >= 0.6 is 11.3 Å². The number of aliphatic hydroxyl groups excluding tert-OH is 1. The Morgan fingerprint density at radius 1 is 1.36 bits per heavy atom. The molecule has 1 unspecified atom stereocenters. The zero-order valence-corrected chi connectivity index (χ0v) is 12.3. The second kappa shape index (κ2) is 6.08. The van der Waals surface area contributed by atoms with Gasteiger partial charge in [-0.25, -0.2) is 0 Å². The number of nitrogens with zero attached hydrogens (tertiary/aromatic N) is 3. The number of aromatic nitrogens is 2. The molecule has 0 saturated carbocycles. The molecule has 0 spiro atoms. The number of benzene rings is 1. The van der Waals surface area contributed by atoms with Crippen LogP contribution in [0.15, 0.2) is 53.4 Å². The Labute approximate surface area is 130 Å². The highest BCUT2D eigenvalue weighted by Gasteiger charge is 2.14. The van der Waals surface area contributed by atoms with Gasteiger partial charge in [-0.2, -0.15) is 16.4 Å². The molecule has 6 nitrogen and oxygen atoms in total. The third kappa shape index (κ3) is 3.05. The van der Waals surface area contributed by atoms with Gasteiger partial charge in [0.15, 0.2) is 0 Å². The monoisotopic (exact) mass is 315 g/mol. The number of aliphatic hydroxyl groups is 1. The van der Waals surface area contributed by atoms with E-state index in [4.69, 9.17) is 0 Å². The zero-order chi connectivity index (χ0) is 15.5. The first-order chi connectivity index (χ1) is 10.6. The van der Waals surface area contributed by atoms with Gasteiger partial charge in [0.05, 0.1) is 23.3 Å². The lowest BCUT2D eigenvalue weighted by Crippen LogP contribution is -2.09. The number of nitro benzene ring substituents is 1. The lowest BCUT2D eigenvalue weighted by molar-refractivity contribution is -0.385. The van der Waals surface area contributed by atoms with E-state index in [0.717, 1.165) is 11.3 Å². The van der Waals surface area contributed by atoms with Gasteiger partial charge >= 0.3 is 0 Å². The van der Waals surface area contributed by atoms with Gasteiger partial charge in [-0.05, 0) is 23.1 Å². The van der Waals surface area contributed by atoms with Crippen molar-refractivity contribution in [2.45, 2.75) is 12.6 Å². The fourth-order valence-corrected chi connectivity index (χ4v) is 2.81. The Hall–Kier alpha value is -2.51. The van der Waals surface area contributed by atoms with Crippen LogP contribution in [0.1, 0.15) is 11.7 Å². The van der Waals surface area contributed by atoms with Crippen molar-refractivity contribution in [3.05, 3.63) is 69.0 Å². The fourth-order valence-electron chi connectivity index (χ4n) is 2.16. The largest absolute Gasteiger partial charge is 0.386 e. The van der Waals surface area contributed by atoms with Crippen molar-refractivity contribution in [1.82, 2.24) is 9.78 Å². The summed E-state index contributed by atoms with van der Waals surface area (Å²) in [7, 11) is 0. The van der Waals surface area contributed by atoms with Crippen molar-refractivity contribution in [2.24, 2.45) is 0 Å². The van der Waals surface area contributed by atoms with Crippen molar-refractivity contribution in [2.75, 3.05) is 0 Å². The quantitative estimate of drug-likeness (QED) is 0.579. The standard InChI is InChI=1S/C15H13N3O3S/c19-15(11-2-1-3-13(8-11)18(20)21)9-17-6-4-14(16-17)12-5-7-22-10-12/h1-8,10,15,19H,9H2. The van der Waals surface area contributed by atoms with Gasteiger partial charge in [-0.1, -0.05) is 12.1 Å². The molecule has 0 saturated heterocycles. The highest BCUT2D eigenvalue weighted by molar-refractivity contribution is 7.08. The Balaban J connectivity index is 1.75. The second-order valence-corrected chi connectivity index (χ2v) is 5.58. The number of hydrogen-bond donors (Lipinski definition) is 1. The highest BCUT2D eigenvalue weighted by atomic mass is 32.1. The summed E-state index contributed by atoms with van der Waals surface area (Å²) in [5.74, 6) is 0. The van der Waals surface area contributed by atoms with Gasteiger partial charge in [0.2, 0.25) is 0 Å². The summed E-state index contributed by atoms with van der Waals surface area (Å²) in [5, 5.41) is 29.4. The van der Waals surface area contributed by atoms with E-state index >= 15 is 0 Å². The molecule has 0 radical (unpaired) electrons. The molecule has 0 aliphatic carbocycles. The van der Waals surface area contributed by atoms with Crippen LogP contribution in [0, 0.1) is 10.1 Å². The van der Waals surface area contributed by atoms with Crippen molar-refractivity contribution < 1.29 is 10.0 Å². The molecule has 3 aromatic rings. The van der Waals surface area contributed by atoms with Crippen LogP contribution in [0.5, 0.6) is 0 Å². The number of thiophene rings is 1. The lowest BCUT2D eigenvalue weighted by atomic mass is 10.1. The third-order valence-corrected chi connectivity index (χ3v) is 3.97. The van der Waals surface area contributed by atoms with E-state index in [1.165, 1.54) is 12.1 Å². The average molecular weight is 315 g/mol. The molecule has 112 valence electrons. The third-order valence-electron chi connectivity index (χ3n) is 3.28. The molecule has 1 atom stereocenters. The maximum Gasteiger partial charge on any atom is 0.269 e. The van der Waals surface area contributed by atoms with Crippen LogP contribution in [0.2, 0.25) is 0 Å². The molecule has 0 fully saturated rings. The predicted molar refractivity (Wildman–Crippen MR) is 83.6 cm³/mol. The van der Waals surface area contributed by atoms with Crippen molar-refractivity contribution in [1.29, 1.82) is 0 Å². The average Bonchev–Trinajstić information content (AvgIpc) is 3.18. The molecular weight excluding hydrogens is 302 g/mol. The van der Waals surface area contributed by atoms with Gasteiger partial charge in [-0.15, -0.1) is 0 Å². The molecule has 0 aliphatic rings. The first-order valence-corrected chi connectivity index (χ1v) is 7.56. The predicted octanol–water partition coefficient (Wildman–Crippen LogP) is 3.25. The molecular formula is C15H13N3O3S. The van der Waals surface area contributed by atoms with Crippen molar-refractivity contribution >= 4 is 17.0 Å². The molecule has 22 heavy (non-hydrogen) atoms. The van der Waals surface area contributed by atoms with Gasteiger partial charge < -0.3 is 5.11 Å². The van der Waals surface area contributed by atoms with Gasteiger partial charge in [0.1, 0.15) is 0 Å². The summed E-state index contributed by atoms with van der Waals surface area (Å²) in [6, 6.07) is 9.88. The number of hydrogen-bond acceptors (Lipinski definition) is 5. The maximum atomic E-state index is 10.8. The molecule has 1 N–H and O–H groups in total.